The number of hydrogen-bond donors (Lipinski definition) is 1. The lowest BCUT2D eigenvalue weighted by Gasteiger charge is -2.13. The Kier molecular flexibility index (Phi) is 4.59. The number of aromatic nitrogens is 1. The van der Waals surface area contributed by atoms with E-state index in [1.54, 1.807) is 0 Å². The molecule has 0 unspecified atom stereocenters. The second-order valence-electron chi connectivity index (χ2n) is 4.01. The van der Waals surface area contributed by atoms with Crippen LogP contribution in [0, 0.1) is 0 Å². The molecule has 0 atom stereocenters. The lowest BCUT2D eigenvalue weighted by atomic mass is 10.3. The van der Waals surface area contributed by atoms with Gasteiger partial charge in [0, 0.05) is 0 Å². The van der Waals surface area contributed by atoms with Crippen molar-refractivity contribution < 1.29 is 30.0 Å². The molecule has 0 amide bonds. The van der Waals surface area contributed by atoms with Gasteiger partial charge in [-0.1, -0.05) is 13.8 Å². The maximum atomic E-state index is 12.8. The van der Waals surface area contributed by atoms with Gasteiger partial charge in [0.05, 0.1) is 16.4 Å². The molecule has 1 aromatic rings. The van der Waals surface area contributed by atoms with Crippen LogP contribution in [0.2, 0.25) is 0 Å². The zero-order valence-electron chi connectivity index (χ0n) is 11.0. The van der Waals surface area contributed by atoms with Gasteiger partial charge in [-0.2, -0.15) is 13.2 Å². The predicted molar refractivity (Wildman–Crippen MR) is 67.5 cm³/mol. The molecule has 0 saturated heterocycles. The molecule has 120 valence electrons. The van der Waals surface area contributed by atoms with E-state index in [0.29, 0.717) is 0 Å². The van der Waals surface area contributed by atoms with Crippen molar-refractivity contribution in [3.05, 3.63) is 22.1 Å². The van der Waals surface area contributed by atoms with E-state index in [1.165, 1.54) is 11.9 Å². The van der Waals surface area contributed by atoms with Crippen LogP contribution in [-0.4, -0.2) is 33.3 Å². The van der Waals surface area contributed by atoms with E-state index in [-0.39, 0.29) is 6.07 Å². The van der Waals surface area contributed by atoms with Crippen molar-refractivity contribution in [3.63, 3.8) is 0 Å². The highest BCUT2D eigenvalue weighted by molar-refractivity contribution is 7.92. The van der Waals surface area contributed by atoms with Crippen LogP contribution in [0.25, 0.3) is 0 Å². The second-order valence-corrected chi connectivity index (χ2v) is 8.50. The maximum absolute atomic E-state index is 12.8. The van der Waals surface area contributed by atoms with Gasteiger partial charge in [-0.15, -0.1) is 0 Å². The Labute approximate surface area is 118 Å². The number of rotatable bonds is 4. The molecule has 0 radical (unpaired) electrons. The van der Waals surface area contributed by atoms with E-state index in [2.05, 4.69) is 0 Å². The van der Waals surface area contributed by atoms with Gasteiger partial charge in [0.1, 0.15) is 10.6 Å². The number of halogens is 3. The Morgan fingerprint density at radius 2 is 1.43 bits per heavy atom. The van der Waals surface area contributed by atoms with E-state index in [1.807, 2.05) is 0 Å². The molecule has 1 rings (SSSR count). The Hall–Kier alpha value is -1.36. The zero-order chi connectivity index (χ0) is 16.6. The zero-order valence-corrected chi connectivity index (χ0v) is 12.6. The van der Waals surface area contributed by atoms with Gasteiger partial charge < -0.3 is 4.98 Å². The molecule has 1 N–H and O–H groups in total. The SMILES string of the molecule is CCS(=O)(=O)c1cc(S(=O)(=O)CC)c(=O)[nH]c1C(F)(F)F. The van der Waals surface area contributed by atoms with E-state index >= 15 is 0 Å². The minimum Gasteiger partial charge on any atom is -0.316 e. The number of hydrogen-bond acceptors (Lipinski definition) is 5. The average molecular weight is 347 g/mol. The highest BCUT2D eigenvalue weighted by Crippen LogP contribution is 2.33. The van der Waals surface area contributed by atoms with Crippen molar-refractivity contribution in [2.45, 2.75) is 29.8 Å². The second kappa shape index (κ2) is 5.44. The fourth-order valence-electron chi connectivity index (χ4n) is 1.49. The van der Waals surface area contributed by atoms with Crippen LogP contribution >= 0.6 is 0 Å². The summed E-state index contributed by atoms with van der Waals surface area (Å²) in [4.78, 5) is 10.6. The first kappa shape index (κ1) is 17.7. The molecular formula is C10H12F3NO5S2. The molecule has 21 heavy (non-hydrogen) atoms. The maximum Gasteiger partial charge on any atom is 0.432 e. The lowest BCUT2D eigenvalue weighted by Crippen LogP contribution is -2.26. The average Bonchev–Trinajstić information content (AvgIpc) is 2.36. The third-order valence-electron chi connectivity index (χ3n) is 2.68. The summed E-state index contributed by atoms with van der Waals surface area (Å²) < 4.78 is 85.2. The number of H-pyrrole nitrogens is 1. The van der Waals surface area contributed by atoms with E-state index < -0.39 is 58.4 Å². The lowest BCUT2D eigenvalue weighted by molar-refractivity contribution is -0.143. The van der Waals surface area contributed by atoms with Crippen LogP contribution < -0.4 is 5.56 Å². The third-order valence-corrected chi connectivity index (χ3v) is 6.17. The Bertz CT molecular complexity index is 806. The Morgan fingerprint density at radius 3 is 1.81 bits per heavy atom. The Balaban J connectivity index is 3.92. The van der Waals surface area contributed by atoms with Crippen molar-refractivity contribution >= 4 is 19.7 Å². The molecule has 0 aliphatic carbocycles. The van der Waals surface area contributed by atoms with Gasteiger partial charge in [-0.05, 0) is 6.07 Å². The van der Waals surface area contributed by atoms with Crippen LogP contribution in [0.1, 0.15) is 19.5 Å². The summed E-state index contributed by atoms with van der Waals surface area (Å²) in [5.41, 5.74) is -3.27. The fraction of sp³-hybridized carbons (Fsp3) is 0.500. The molecule has 1 heterocycles. The number of alkyl halides is 3. The fourth-order valence-corrected chi connectivity index (χ4v) is 3.59. The topological polar surface area (TPSA) is 101 Å². The van der Waals surface area contributed by atoms with Gasteiger partial charge in [0.15, 0.2) is 19.7 Å². The summed E-state index contributed by atoms with van der Waals surface area (Å²) in [7, 11) is -8.53. The van der Waals surface area contributed by atoms with E-state index in [4.69, 9.17) is 0 Å². The van der Waals surface area contributed by atoms with E-state index in [0.717, 1.165) is 6.92 Å². The van der Waals surface area contributed by atoms with Crippen LogP contribution in [-0.2, 0) is 25.9 Å². The van der Waals surface area contributed by atoms with Crippen LogP contribution in [0.4, 0.5) is 13.2 Å². The number of sulfone groups is 2. The molecule has 0 fully saturated rings. The third kappa shape index (κ3) is 3.46. The minimum atomic E-state index is -5.13. The van der Waals surface area contributed by atoms with Crippen LogP contribution in [0.15, 0.2) is 20.7 Å². The molecule has 0 bridgehead atoms. The van der Waals surface area contributed by atoms with Gasteiger partial charge >= 0.3 is 6.18 Å². The first-order valence-electron chi connectivity index (χ1n) is 5.66. The summed E-state index contributed by atoms with van der Waals surface area (Å²) in [5, 5.41) is 0. The van der Waals surface area contributed by atoms with Crippen molar-refractivity contribution in [1.29, 1.82) is 0 Å². The number of nitrogens with one attached hydrogen (secondary N) is 1. The van der Waals surface area contributed by atoms with Crippen molar-refractivity contribution in [1.82, 2.24) is 4.98 Å². The first-order chi connectivity index (χ1) is 9.36. The summed E-state index contributed by atoms with van der Waals surface area (Å²) in [5.74, 6) is -1.22. The largest absolute Gasteiger partial charge is 0.432 e. The molecule has 0 aliphatic rings. The molecule has 1 aromatic heterocycles. The van der Waals surface area contributed by atoms with Crippen molar-refractivity contribution in [2.24, 2.45) is 0 Å². The molecule has 11 heteroatoms. The first-order valence-corrected chi connectivity index (χ1v) is 8.97. The smallest absolute Gasteiger partial charge is 0.316 e. The minimum absolute atomic E-state index is 0.277. The molecule has 0 aromatic carbocycles. The standard InChI is InChI=1S/C10H12F3NO5S2/c1-3-20(16,17)6-5-7(21(18,19)4-2)9(15)14-8(6)10(11,12)13/h5H,3-4H2,1-2H3,(H,14,15). The summed E-state index contributed by atoms with van der Waals surface area (Å²) >= 11 is 0. The predicted octanol–water partition coefficient (Wildman–Crippen LogP) is 0.981. The van der Waals surface area contributed by atoms with Gasteiger partial charge in [-0.25, -0.2) is 16.8 Å². The molecule has 0 aliphatic heterocycles. The van der Waals surface area contributed by atoms with Crippen LogP contribution in [0.3, 0.4) is 0 Å². The highest BCUT2D eigenvalue weighted by atomic mass is 32.2. The van der Waals surface area contributed by atoms with Crippen LogP contribution in [0.5, 0.6) is 0 Å². The summed E-state index contributed by atoms with van der Waals surface area (Å²) in [6.45, 7) is 2.29. The van der Waals surface area contributed by atoms with Gasteiger partial charge in [0.2, 0.25) is 0 Å². The van der Waals surface area contributed by atoms with Crippen molar-refractivity contribution in [3.8, 4) is 0 Å². The molecular weight excluding hydrogens is 335 g/mol. The Morgan fingerprint density at radius 1 is 1.00 bits per heavy atom. The quantitative estimate of drug-likeness (QED) is 0.875. The van der Waals surface area contributed by atoms with E-state index in [9.17, 15) is 34.8 Å². The normalized spacial score (nSPS) is 13.4. The molecule has 0 saturated carbocycles. The highest BCUT2D eigenvalue weighted by Gasteiger charge is 2.39. The molecule has 6 nitrogen and oxygen atoms in total. The summed E-state index contributed by atoms with van der Waals surface area (Å²) in [6, 6.07) is 0.277. The van der Waals surface area contributed by atoms with Gasteiger partial charge in [0.25, 0.3) is 5.56 Å². The van der Waals surface area contributed by atoms with Crippen molar-refractivity contribution in [2.75, 3.05) is 11.5 Å². The molecule has 0 spiro atoms. The van der Waals surface area contributed by atoms with Gasteiger partial charge in [-0.3, -0.25) is 4.79 Å². The number of aromatic amines is 1. The summed E-state index contributed by atoms with van der Waals surface area (Å²) in [6.07, 6.45) is -5.13. The number of pyridine rings is 1. The monoisotopic (exact) mass is 347 g/mol.